The molecule has 2 amide bonds. The number of carbonyl (C=O) groups is 2. The van der Waals surface area contributed by atoms with Crippen LogP contribution in [0.1, 0.15) is 27.2 Å². The summed E-state index contributed by atoms with van der Waals surface area (Å²) in [6, 6.07) is -0.216. The fourth-order valence-electron chi connectivity index (χ4n) is 1.58. The predicted molar refractivity (Wildman–Crippen MR) is 79.4 cm³/mol. The number of carbonyl (C=O) groups excluding carboxylic acids is 1. The van der Waals surface area contributed by atoms with Crippen LogP contribution in [-0.2, 0) is 14.3 Å². The van der Waals surface area contributed by atoms with Gasteiger partial charge in [-0.05, 0) is 20.3 Å². The first-order valence-electron chi connectivity index (χ1n) is 7.43. The highest BCUT2D eigenvalue weighted by molar-refractivity contribution is 5.74. The second-order valence-electron chi connectivity index (χ2n) is 4.64. The summed E-state index contributed by atoms with van der Waals surface area (Å²) >= 11 is 0. The van der Waals surface area contributed by atoms with Crippen molar-refractivity contribution in [1.29, 1.82) is 0 Å². The molecule has 0 heterocycles. The van der Waals surface area contributed by atoms with Crippen molar-refractivity contribution in [3.8, 4) is 0 Å². The molecule has 2 N–H and O–H groups in total. The van der Waals surface area contributed by atoms with Gasteiger partial charge in [0.05, 0.1) is 19.1 Å². The van der Waals surface area contributed by atoms with Gasteiger partial charge in [-0.2, -0.15) is 0 Å². The minimum absolute atomic E-state index is 0.216. The first-order chi connectivity index (χ1) is 10.0. The lowest BCUT2D eigenvalue weighted by atomic mass is 10.1. The van der Waals surface area contributed by atoms with E-state index in [-0.39, 0.29) is 6.03 Å². The Hall–Kier alpha value is -1.34. The average Bonchev–Trinajstić information content (AvgIpc) is 2.45. The van der Waals surface area contributed by atoms with Crippen LogP contribution in [0.4, 0.5) is 4.79 Å². The summed E-state index contributed by atoms with van der Waals surface area (Å²) < 4.78 is 10.5. The minimum Gasteiger partial charge on any atom is -0.481 e. The summed E-state index contributed by atoms with van der Waals surface area (Å²) in [5, 5.41) is 11.5. The Morgan fingerprint density at radius 1 is 1.14 bits per heavy atom. The van der Waals surface area contributed by atoms with Crippen LogP contribution in [0, 0.1) is 5.92 Å². The lowest BCUT2D eigenvalue weighted by Gasteiger charge is -2.23. The van der Waals surface area contributed by atoms with E-state index in [4.69, 9.17) is 14.6 Å². The molecule has 7 nitrogen and oxygen atoms in total. The lowest BCUT2D eigenvalue weighted by molar-refractivity contribution is -0.141. The van der Waals surface area contributed by atoms with Gasteiger partial charge in [-0.3, -0.25) is 4.79 Å². The Bertz CT molecular complexity index is 289. The van der Waals surface area contributed by atoms with E-state index in [1.807, 2.05) is 13.8 Å². The maximum absolute atomic E-state index is 12.0. The molecule has 1 atom stereocenters. The SMILES string of the molecule is CCOCCN(CCOCC)C(=O)NCCC(C)C(=O)O. The molecule has 0 aliphatic rings. The van der Waals surface area contributed by atoms with Gasteiger partial charge in [-0.25, -0.2) is 4.79 Å². The van der Waals surface area contributed by atoms with Crippen LogP contribution in [0.3, 0.4) is 0 Å². The van der Waals surface area contributed by atoms with E-state index in [2.05, 4.69) is 5.32 Å². The Balaban J connectivity index is 4.12. The van der Waals surface area contributed by atoms with Crippen molar-refractivity contribution in [2.75, 3.05) is 46.1 Å². The molecule has 0 bridgehead atoms. The van der Waals surface area contributed by atoms with Gasteiger partial charge in [0.25, 0.3) is 0 Å². The Morgan fingerprint density at radius 2 is 1.67 bits per heavy atom. The number of carboxylic acids is 1. The van der Waals surface area contributed by atoms with E-state index < -0.39 is 11.9 Å². The smallest absolute Gasteiger partial charge is 0.317 e. The molecule has 124 valence electrons. The number of ether oxygens (including phenoxy) is 2. The number of hydrogen-bond acceptors (Lipinski definition) is 4. The maximum Gasteiger partial charge on any atom is 0.317 e. The summed E-state index contributed by atoms with van der Waals surface area (Å²) in [6.45, 7) is 8.90. The van der Waals surface area contributed by atoms with Crippen molar-refractivity contribution < 1.29 is 24.2 Å². The molecule has 0 aliphatic heterocycles. The standard InChI is InChI=1S/C14H28N2O5/c1-4-20-10-8-16(9-11-21-5-2)14(19)15-7-6-12(3)13(17)18/h12H,4-11H2,1-3H3,(H,15,19)(H,17,18). The number of carboxylic acid groups (broad SMARTS) is 1. The van der Waals surface area contributed by atoms with Crippen molar-refractivity contribution in [3.63, 3.8) is 0 Å². The molecule has 0 saturated carbocycles. The molecule has 21 heavy (non-hydrogen) atoms. The zero-order valence-corrected chi connectivity index (χ0v) is 13.3. The number of nitrogens with zero attached hydrogens (tertiary/aromatic N) is 1. The summed E-state index contributed by atoms with van der Waals surface area (Å²) in [5.41, 5.74) is 0. The lowest BCUT2D eigenvalue weighted by Crippen LogP contribution is -2.44. The second-order valence-corrected chi connectivity index (χ2v) is 4.64. The molecule has 0 rings (SSSR count). The van der Waals surface area contributed by atoms with E-state index >= 15 is 0 Å². The Labute approximate surface area is 126 Å². The molecule has 0 aromatic rings. The van der Waals surface area contributed by atoms with Gasteiger partial charge in [0.1, 0.15) is 0 Å². The molecule has 0 radical (unpaired) electrons. The number of urea groups is 1. The van der Waals surface area contributed by atoms with E-state index in [1.54, 1.807) is 11.8 Å². The van der Waals surface area contributed by atoms with Crippen LogP contribution in [-0.4, -0.2) is 68.1 Å². The predicted octanol–water partition coefficient (Wildman–Crippen LogP) is 1.18. The van der Waals surface area contributed by atoms with E-state index in [0.717, 1.165) is 0 Å². The number of aliphatic carboxylic acids is 1. The molecule has 1 unspecified atom stereocenters. The number of rotatable bonds is 12. The number of amides is 2. The minimum atomic E-state index is -0.853. The summed E-state index contributed by atoms with van der Waals surface area (Å²) in [6.07, 6.45) is 0.409. The van der Waals surface area contributed by atoms with Gasteiger partial charge < -0.3 is 24.8 Å². The Morgan fingerprint density at radius 3 is 2.10 bits per heavy atom. The largest absolute Gasteiger partial charge is 0.481 e. The zero-order valence-electron chi connectivity index (χ0n) is 13.3. The highest BCUT2D eigenvalue weighted by Crippen LogP contribution is 2.00. The zero-order chi connectivity index (χ0) is 16.1. The van der Waals surface area contributed by atoms with E-state index in [9.17, 15) is 9.59 Å². The van der Waals surface area contributed by atoms with Crippen LogP contribution in [0.5, 0.6) is 0 Å². The van der Waals surface area contributed by atoms with Gasteiger partial charge in [0, 0.05) is 32.8 Å². The third-order valence-corrected chi connectivity index (χ3v) is 2.98. The monoisotopic (exact) mass is 304 g/mol. The van der Waals surface area contributed by atoms with Crippen LogP contribution in [0.15, 0.2) is 0 Å². The van der Waals surface area contributed by atoms with Crippen molar-refractivity contribution in [3.05, 3.63) is 0 Å². The molecule has 0 aromatic heterocycles. The summed E-state index contributed by atoms with van der Waals surface area (Å²) in [5.74, 6) is -1.32. The molecule has 0 aromatic carbocycles. The fourth-order valence-corrected chi connectivity index (χ4v) is 1.58. The van der Waals surface area contributed by atoms with Gasteiger partial charge in [-0.1, -0.05) is 6.92 Å². The quantitative estimate of drug-likeness (QED) is 0.529. The van der Waals surface area contributed by atoms with Crippen molar-refractivity contribution in [2.45, 2.75) is 27.2 Å². The van der Waals surface area contributed by atoms with E-state index in [0.29, 0.717) is 52.5 Å². The average molecular weight is 304 g/mol. The molecule has 0 spiro atoms. The third-order valence-electron chi connectivity index (χ3n) is 2.98. The van der Waals surface area contributed by atoms with Gasteiger partial charge in [-0.15, -0.1) is 0 Å². The third kappa shape index (κ3) is 10.1. The molecular weight excluding hydrogens is 276 g/mol. The number of nitrogens with one attached hydrogen (secondary N) is 1. The molecule has 0 aliphatic carbocycles. The van der Waals surface area contributed by atoms with Gasteiger partial charge in [0.15, 0.2) is 0 Å². The van der Waals surface area contributed by atoms with Gasteiger partial charge in [0.2, 0.25) is 0 Å². The summed E-state index contributed by atoms with van der Waals surface area (Å²) in [7, 11) is 0. The first kappa shape index (κ1) is 19.7. The molecule has 7 heteroatoms. The van der Waals surface area contributed by atoms with Crippen molar-refractivity contribution >= 4 is 12.0 Å². The van der Waals surface area contributed by atoms with Crippen LogP contribution >= 0.6 is 0 Å². The highest BCUT2D eigenvalue weighted by atomic mass is 16.5. The normalized spacial score (nSPS) is 12.0. The van der Waals surface area contributed by atoms with Crippen molar-refractivity contribution in [2.24, 2.45) is 5.92 Å². The molecular formula is C14H28N2O5. The molecule has 0 saturated heterocycles. The fraction of sp³-hybridized carbons (Fsp3) is 0.857. The topological polar surface area (TPSA) is 88.1 Å². The second kappa shape index (κ2) is 12.4. The molecule has 0 fully saturated rings. The highest BCUT2D eigenvalue weighted by Gasteiger charge is 2.15. The summed E-state index contributed by atoms with van der Waals surface area (Å²) in [4.78, 5) is 24.4. The van der Waals surface area contributed by atoms with Crippen molar-refractivity contribution in [1.82, 2.24) is 10.2 Å². The van der Waals surface area contributed by atoms with Gasteiger partial charge >= 0.3 is 12.0 Å². The van der Waals surface area contributed by atoms with Crippen LogP contribution < -0.4 is 5.32 Å². The number of hydrogen-bond donors (Lipinski definition) is 2. The van der Waals surface area contributed by atoms with E-state index in [1.165, 1.54) is 0 Å². The van der Waals surface area contributed by atoms with Crippen LogP contribution in [0.25, 0.3) is 0 Å². The first-order valence-corrected chi connectivity index (χ1v) is 7.43. The van der Waals surface area contributed by atoms with Crippen LogP contribution in [0.2, 0.25) is 0 Å². The Kier molecular flexibility index (Phi) is 11.6. The maximum atomic E-state index is 12.0.